The molecule has 1 atom stereocenters. The molecule has 6 nitrogen and oxygen atoms in total. The molecule has 1 aromatic carbocycles. The van der Waals surface area contributed by atoms with Crippen molar-refractivity contribution >= 4 is 39.8 Å². The Balaban J connectivity index is 1.84. The summed E-state index contributed by atoms with van der Waals surface area (Å²) in [6, 6.07) is 6.60. The van der Waals surface area contributed by atoms with Crippen molar-refractivity contribution in [2.45, 2.75) is 46.5 Å². The number of esters is 1. The SMILES string of the molecule is CCOC(=O)c1ccc(NC(=O)c2c(NC(=O)CC)sc3c2CC[C@@H](C)C3)cc1. The molecule has 2 amide bonds. The molecule has 0 bridgehead atoms. The number of nitrogens with one attached hydrogen (secondary N) is 2. The Labute approximate surface area is 174 Å². The van der Waals surface area contributed by atoms with Gasteiger partial charge in [0.25, 0.3) is 5.91 Å². The van der Waals surface area contributed by atoms with E-state index in [9.17, 15) is 14.4 Å². The van der Waals surface area contributed by atoms with Crippen molar-refractivity contribution in [3.63, 3.8) is 0 Å². The third-order valence-electron chi connectivity index (χ3n) is 4.97. The summed E-state index contributed by atoms with van der Waals surface area (Å²) in [5.41, 5.74) is 2.62. The van der Waals surface area contributed by atoms with Gasteiger partial charge in [0.15, 0.2) is 0 Å². The van der Waals surface area contributed by atoms with Crippen molar-refractivity contribution in [1.29, 1.82) is 0 Å². The van der Waals surface area contributed by atoms with Gasteiger partial charge in [0.2, 0.25) is 5.91 Å². The van der Waals surface area contributed by atoms with Gasteiger partial charge in [-0.3, -0.25) is 9.59 Å². The average molecular weight is 415 g/mol. The highest BCUT2D eigenvalue weighted by Gasteiger charge is 2.28. The zero-order valence-corrected chi connectivity index (χ0v) is 17.8. The number of rotatable bonds is 6. The van der Waals surface area contributed by atoms with Gasteiger partial charge < -0.3 is 15.4 Å². The van der Waals surface area contributed by atoms with Crippen molar-refractivity contribution in [3.05, 3.63) is 45.8 Å². The van der Waals surface area contributed by atoms with E-state index in [0.717, 1.165) is 24.8 Å². The molecule has 0 spiro atoms. The molecule has 1 aliphatic rings. The number of carbonyl (C=O) groups excluding carboxylic acids is 3. The maximum Gasteiger partial charge on any atom is 0.338 e. The molecule has 1 heterocycles. The summed E-state index contributed by atoms with van der Waals surface area (Å²) in [7, 11) is 0. The Kier molecular flexibility index (Phi) is 6.69. The second kappa shape index (κ2) is 9.22. The summed E-state index contributed by atoms with van der Waals surface area (Å²) in [5.74, 6) is -0.171. The fourth-order valence-corrected chi connectivity index (χ4v) is 4.82. The quantitative estimate of drug-likeness (QED) is 0.674. The third kappa shape index (κ3) is 4.85. The van der Waals surface area contributed by atoms with Crippen molar-refractivity contribution < 1.29 is 19.1 Å². The van der Waals surface area contributed by atoms with Gasteiger partial charge in [-0.05, 0) is 61.9 Å². The number of amides is 2. The van der Waals surface area contributed by atoms with E-state index in [1.54, 1.807) is 38.1 Å². The lowest BCUT2D eigenvalue weighted by atomic mass is 9.88. The van der Waals surface area contributed by atoms with E-state index in [1.165, 1.54) is 16.2 Å². The fourth-order valence-electron chi connectivity index (χ4n) is 3.39. The molecule has 7 heteroatoms. The number of ether oxygens (including phenoxy) is 1. The largest absolute Gasteiger partial charge is 0.462 e. The van der Waals surface area contributed by atoms with Crippen LogP contribution in [0.3, 0.4) is 0 Å². The summed E-state index contributed by atoms with van der Waals surface area (Å²) in [6.45, 7) is 6.06. The van der Waals surface area contributed by atoms with Crippen LogP contribution < -0.4 is 10.6 Å². The highest BCUT2D eigenvalue weighted by molar-refractivity contribution is 7.17. The maximum atomic E-state index is 13.1. The zero-order valence-electron chi connectivity index (χ0n) is 17.0. The minimum atomic E-state index is -0.393. The minimum Gasteiger partial charge on any atom is -0.462 e. The van der Waals surface area contributed by atoms with E-state index in [1.807, 2.05) is 0 Å². The number of hydrogen-bond acceptors (Lipinski definition) is 5. The Morgan fingerprint density at radius 1 is 1.14 bits per heavy atom. The number of benzene rings is 1. The molecule has 2 N–H and O–H groups in total. The van der Waals surface area contributed by atoms with Gasteiger partial charge in [-0.25, -0.2) is 4.79 Å². The molecule has 0 unspecified atom stereocenters. The molecule has 154 valence electrons. The molecule has 0 saturated carbocycles. The van der Waals surface area contributed by atoms with Gasteiger partial charge in [0.1, 0.15) is 5.00 Å². The summed E-state index contributed by atoms with van der Waals surface area (Å²) in [6.07, 6.45) is 3.14. The van der Waals surface area contributed by atoms with Crippen LogP contribution in [0.5, 0.6) is 0 Å². The summed E-state index contributed by atoms with van der Waals surface area (Å²) in [4.78, 5) is 38.0. The van der Waals surface area contributed by atoms with Crippen molar-refractivity contribution in [1.82, 2.24) is 0 Å². The van der Waals surface area contributed by atoms with E-state index in [2.05, 4.69) is 17.6 Å². The summed E-state index contributed by atoms with van der Waals surface area (Å²) >= 11 is 1.51. The lowest BCUT2D eigenvalue weighted by Crippen LogP contribution is -2.19. The van der Waals surface area contributed by atoms with Crippen LogP contribution in [-0.2, 0) is 22.4 Å². The molecular formula is C22H26N2O4S. The van der Waals surface area contributed by atoms with E-state index >= 15 is 0 Å². The number of fused-ring (bicyclic) bond motifs is 1. The average Bonchev–Trinajstić information content (AvgIpc) is 3.05. The van der Waals surface area contributed by atoms with Crippen LogP contribution in [0, 0.1) is 5.92 Å². The molecule has 0 fully saturated rings. The second-order valence-electron chi connectivity index (χ2n) is 7.21. The van der Waals surface area contributed by atoms with Crippen LogP contribution >= 0.6 is 11.3 Å². The van der Waals surface area contributed by atoms with Gasteiger partial charge in [-0.1, -0.05) is 13.8 Å². The van der Waals surface area contributed by atoms with E-state index in [4.69, 9.17) is 4.74 Å². The maximum absolute atomic E-state index is 13.1. The normalized spacial score (nSPS) is 15.3. The minimum absolute atomic E-state index is 0.107. The van der Waals surface area contributed by atoms with Crippen LogP contribution in [0.4, 0.5) is 10.7 Å². The second-order valence-corrected chi connectivity index (χ2v) is 8.31. The lowest BCUT2D eigenvalue weighted by Gasteiger charge is -2.18. The van der Waals surface area contributed by atoms with Crippen LogP contribution in [0.2, 0.25) is 0 Å². The van der Waals surface area contributed by atoms with Crippen LogP contribution in [0.1, 0.15) is 64.8 Å². The van der Waals surface area contributed by atoms with Crippen LogP contribution in [-0.4, -0.2) is 24.4 Å². The fraction of sp³-hybridized carbons (Fsp3) is 0.409. The monoisotopic (exact) mass is 414 g/mol. The predicted molar refractivity (Wildman–Crippen MR) is 115 cm³/mol. The van der Waals surface area contributed by atoms with Gasteiger partial charge >= 0.3 is 5.97 Å². The van der Waals surface area contributed by atoms with Crippen molar-refractivity contribution in [2.24, 2.45) is 5.92 Å². The van der Waals surface area contributed by atoms with Gasteiger partial charge in [-0.15, -0.1) is 11.3 Å². The highest BCUT2D eigenvalue weighted by atomic mass is 32.1. The van der Waals surface area contributed by atoms with Crippen LogP contribution in [0.15, 0.2) is 24.3 Å². The van der Waals surface area contributed by atoms with E-state index < -0.39 is 5.97 Å². The number of carbonyl (C=O) groups is 3. The first kappa shape index (κ1) is 21.0. The Morgan fingerprint density at radius 3 is 2.52 bits per heavy atom. The number of hydrogen-bond donors (Lipinski definition) is 2. The molecule has 2 aromatic rings. The number of anilines is 2. The first-order chi connectivity index (χ1) is 13.9. The molecule has 1 aromatic heterocycles. The Bertz CT molecular complexity index is 918. The zero-order chi connectivity index (χ0) is 21.0. The molecule has 0 saturated heterocycles. The Morgan fingerprint density at radius 2 is 1.86 bits per heavy atom. The smallest absolute Gasteiger partial charge is 0.338 e. The molecule has 0 radical (unpaired) electrons. The van der Waals surface area contributed by atoms with Crippen LogP contribution in [0.25, 0.3) is 0 Å². The van der Waals surface area contributed by atoms with Crippen molar-refractivity contribution in [2.75, 3.05) is 17.2 Å². The van der Waals surface area contributed by atoms with Gasteiger partial charge in [-0.2, -0.15) is 0 Å². The summed E-state index contributed by atoms with van der Waals surface area (Å²) in [5, 5.41) is 6.42. The van der Waals surface area contributed by atoms with Crippen molar-refractivity contribution in [3.8, 4) is 0 Å². The van der Waals surface area contributed by atoms with E-state index in [-0.39, 0.29) is 11.8 Å². The molecule has 29 heavy (non-hydrogen) atoms. The molecule has 1 aliphatic carbocycles. The summed E-state index contributed by atoms with van der Waals surface area (Å²) < 4.78 is 4.98. The number of thiophene rings is 1. The van der Waals surface area contributed by atoms with Gasteiger partial charge in [0, 0.05) is 17.0 Å². The third-order valence-corrected chi connectivity index (χ3v) is 6.14. The lowest BCUT2D eigenvalue weighted by molar-refractivity contribution is -0.115. The highest BCUT2D eigenvalue weighted by Crippen LogP contribution is 2.40. The first-order valence-electron chi connectivity index (χ1n) is 9.95. The van der Waals surface area contributed by atoms with Gasteiger partial charge in [0.05, 0.1) is 17.7 Å². The first-order valence-corrected chi connectivity index (χ1v) is 10.8. The Hall–Kier alpha value is -2.67. The molecule has 3 rings (SSSR count). The topological polar surface area (TPSA) is 84.5 Å². The molecular weight excluding hydrogens is 388 g/mol. The standard InChI is InChI=1S/C22H26N2O4S/c1-4-18(25)24-21-19(16-11-6-13(3)12-17(16)29-21)20(26)23-15-9-7-14(8-10-15)22(27)28-5-2/h7-10,13H,4-6,11-12H2,1-3H3,(H,23,26)(H,24,25)/t13-/m1/s1. The molecule has 0 aliphatic heterocycles. The predicted octanol–water partition coefficient (Wildman–Crippen LogP) is 4.65. The van der Waals surface area contributed by atoms with E-state index in [0.29, 0.717) is 40.8 Å².